The second kappa shape index (κ2) is 7.83. The highest BCUT2D eigenvalue weighted by Crippen LogP contribution is 2.28. The SMILES string of the molecule is COc1ccc(NC(=O)COC(=O)c2nc(-c3ccco3)sc2C)cc1. The van der Waals surface area contributed by atoms with Crippen LogP contribution in [-0.4, -0.2) is 30.6 Å². The normalized spacial score (nSPS) is 10.4. The van der Waals surface area contributed by atoms with Gasteiger partial charge in [-0.25, -0.2) is 9.78 Å². The van der Waals surface area contributed by atoms with Gasteiger partial charge in [0, 0.05) is 10.6 Å². The Morgan fingerprint density at radius 2 is 2.00 bits per heavy atom. The Hall–Kier alpha value is -3.13. The highest BCUT2D eigenvalue weighted by atomic mass is 32.1. The molecule has 3 aromatic rings. The van der Waals surface area contributed by atoms with Gasteiger partial charge in [-0.3, -0.25) is 4.79 Å². The molecule has 0 spiro atoms. The predicted molar refractivity (Wildman–Crippen MR) is 96.5 cm³/mol. The Morgan fingerprint density at radius 1 is 1.23 bits per heavy atom. The van der Waals surface area contributed by atoms with Crippen molar-refractivity contribution < 1.29 is 23.5 Å². The number of aromatic nitrogens is 1. The zero-order valence-electron chi connectivity index (χ0n) is 14.1. The fraction of sp³-hybridized carbons (Fsp3) is 0.167. The molecule has 134 valence electrons. The number of hydrogen-bond donors (Lipinski definition) is 1. The third-order valence-corrected chi connectivity index (χ3v) is 4.42. The van der Waals surface area contributed by atoms with Crippen LogP contribution in [0.5, 0.6) is 5.75 Å². The van der Waals surface area contributed by atoms with Gasteiger partial charge < -0.3 is 19.2 Å². The van der Waals surface area contributed by atoms with Gasteiger partial charge in [-0.05, 0) is 43.3 Å². The maximum Gasteiger partial charge on any atom is 0.358 e. The van der Waals surface area contributed by atoms with Crippen molar-refractivity contribution in [2.24, 2.45) is 0 Å². The number of esters is 1. The zero-order chi connectivity index (χ0) is 18.5. The van der Waals surface area contributed by atoms with Crippen molar-refractivity contribution in [1.82, 2.24) is 4.98 Å². The van der Waals surface area contributed by atoms with Crippen LogP contribution >= 0.6 is 11.3 Å². The van der Waals surface area contributed by atoms with E-state index >= 15 is 0 Å². The van der Waals surface area contributed by atoms with Gasteiger partial charge in [-0.1, -0.05) is 0 Å². The van der Waals surface area contributed by atoms with Crippen molar-refractivity contribution in [3.8, 4) is 16.5 Å². The van der Waals surface area contributed by atoms with Gasteiger partial charge in [0.1, 0.15) is 5.75 Å². The molecule has 0 aliphatic carbocycles. The third kappa shape index (κ3) is 4.09. The summed E-state index contributed by atoms with van der Waals surface area (Å²) < 4.78 is 15.4. The van der Waals surface area contributed by atoms with Crippen molar-refractivity contribution in [3.05, 3.63) is 53.2 Å². The van der Waals surface area contributed by atoms with Crippen LogP contribution in [0.25, 0.3) is 10.8 Å². The summed E-state index contributed by atoms with van der Waals surface area (Å²) in [7, 11) is 1.56. The molecule has 3 rings (SSSR count). The molecule has 1 amide bonds. The zero-order valence-corrected chi connectivity index (χ0v) is 15.0. The maximum atomic E-state index is 12.2. The first-order chi connectivity index (χ1) is 12.6. The number of aryl methyl sites for hydroxylation is 1. The number of ether oxygens (including phenoxy) is 2. The summed E-state index contributed by atoms with van der Waals surface area (Å²) in [5.41, 5.74) is 0.760. The smallest absolute Gasteiger partial charge is 0.358 e. The summed E-state index contributed by atoms with van der Waals surface area (Å²) in [6, 6.07) is 10.3. The van der Waals surface area contributed by atoms with Crippen LogP contribution in [0.15, 0.2) is 47.1 Å². The van der Waals surface area contributed by atoms with Crippen molar-refractivity contribution in [2.45, 2.75) is 6.92 Å². The van der Waals surface area contributed by atoms with E-state index in [1.165, 1.54) is 17.6 Å². The summed E-state index contributed by atoms with van der Waals surface area (Å²) in [6.07, 6.45) is 1.54. The topological polar surface area (TPSA) is 90.7 Å². The lowest BCUT2D eigenvalue weighted by atomic mass is 10.3. The lowest BCUT2D eigenvalue weighted by Crippen LogP contribution is -2.21. The maximum absolute atomic E-state index is 12.2. The van der Waals surface area contributed by atoms with E-state index in [0.717, 1.165) is 0 Å². The minimum absolute atomic E-state index is 0.179. The first-order valence-corrected chi connectivity index (χ1v) is 8.51. The third-order valence-electron chi connectivity index (χ3n) is 3.43. The Labute approximate surface area is 153 Å². The van der Waals surface area contributed by atoms with Crippen LogP contribution in [0, 0.1) is 6.92 Å². The molecule has 7 nitrogen and oxygen atoms in total. The molecule has 0 fully saturated rings. The van der Waals surface area contributed by atoms with Crippen LogP contribution in [0.4, 0.5) is 5.69 Å². The highest BCUT2D eigenvalue weighted by molar-refractivity contribution is 7.15. The summed E-state index contributed by atoms with van der Waals surface area (Å²) in [4.78, 5) is 29.0. The van der Waals surface area contributed by atoms with Crippen LogP contribution in [0.1, 0.15) is 15.4 Å². The van der Waals surface area contributed by atoms with Crippen LogP contribution in [0.3, 0.4) is 0 Å². The molecular weight excluding hydrogens is 356 g/mol. The molecule has 0 unspecified atom stereocenters. The number of benzene rings is 1. The van der Waals surface area contributed by atoms with Gasteiger partial charge in [-0.2, -0.15) is 0 Å². The summed E-state index contributed by atoms with van der Waals surface area (Å²) in [5, 5.41) is 3.22. The first-order valence-electron chi connectivity index (χ1n) is 7.69. The summed E-state index contributed by atoms with van der Waals surface area (Å²) in [6.45, 7) is 1.36. The van der Waals surface area contributed by atoms with E-state index in [2.05, 4.69) is 10.3 Å². The quantitative estimate of drug-likeness (QED) is 0.666. The fourth-order valence-electron chi connectivity index (χ4n) is 2.16. The summed E-state index contributed by atoms with van der Waals surface area (Å²) >= 11 is 1.32. The van der Waals surface area contributed by atoms with Crippen LogP contribution < -0.4 is 10.1 Å². The van der Waals surface area contributed by atoms with Gasteiger partial charge >= 0.3 is 5.97 Å². The Kier molecular flexibility index (Phi) is 5.33. The van der Waals surface area contributed by atoms with Crippen LogP contribution in [0.2, 0.25) is 0 Å². The van der Waals surface area contributed by atoms with Gasteiger partial charge in [0.15, 0.2) is 23.1 Å². The molecule has 2 aromatic heterocycles. The number of amides is 1. The van der Waals surface area contributed by atoms with Crippen molar-refractivity contribution in [2.75, 3.05) is 19.0 Å². The molecule has 0 saturated heterocycles. The molecule has 2 heterocycles. The first kappa shape index (κ1) is 17.7. The molecule has 0 saturated carbocycles. The number of nitrogens with one attached hydrogen (secondary N) is 1. The lowest BCUT2D eigenvalue weighted by Gasteiger charge is -2.07. The molecule has 0 aliphatic rings. The van der Waals surface area contributed by atoms with E-state index in [9.17, 15) is 9.59 Å². The largest absolute Gasteiger partial charge is 0.497 e. The van der Waals surface area contributed by atoms with Gasteiger partial charge in [0.25, 0.3) is 5.91 Å². The average molecular weight is 372 g/mol. The molecule has 8 heteroatoms. The monoisotopic (exact) mass is 372 g/mol. The van der Waals surface area contributed by atoms with E-state index in [-0.39, 0.29) is 5.69 Å². The number of furan rings is 1. The number of carbonyl (C=O) groups is 2. The second-order valence-electron chi connectivity index (χ2n) is 5.25. The van der Waals surface area contributed by atoms with Crippen molar-refractivity contribution in [3.63, 3.8) is 0 Å². The molecule has 26 heavy (non-hydrogen) atoms. The minimum Gasteiger partial charge on any atom is -0.497 e. The molecule has 0 radical (unpaired) electrons. The van der Waals surface area contributed by atoms with Gasteiger partial charge in [0.2, 0.25) is 0 Å². The van der Waals surface area contributed by atoms with E-state index in [0.29, 0.717) is 27.1 Å². The Bertz CT molecular complexity index is 900. The number of carbonyl (C=O) groups excluding carboxylic acids is 2. The van der Waals surface area contributed by atoms with E-state index in [4.69, 9.17) is 13.9 Å². The minimum atomic E-state index is -0.651. The Balaban J connectivity index is 1.57. The number of methoxy groups -OCH3 is 1. The lowest BCUT2D eigenvalue weighted by molar-refractivity contribution is -0.119. The van der Waals surface area contributed by atoms with Gasteiger partial charge in [-0.15, -0.1) is 11.3 Å². The number of anilines is 1. The van der Waals surface area contributed by atoms with E-state index < -0.39 is 18.5 Å². The molecular formula is C18H16N2O5S. The second-order valence-corrected chi connectivity index (χ2v) is 6.46. The van der Waals surface area contributed by atoms with Crippen molar-refractivity contribution in [1.29, 1.82) is 0 Å². The van der Waals surface area contributed by atoms with E-state index in [1.54, 1.807) is 50.4 Å². The molecule has 1 N–H and O–H groups in total. The Morgan fingerprint density at radius 3 is 2.65 bits per heavy atom. The van der Waals surface area contributed by atoms with E-state index in [1.807, 2.05) is 0 Å². The number of hydrogen-bond acceptors (Lipinski definition) is 7. The molecule has 0 aliphatic heterocycles. The fourth-order valence-corrected chi connectivity index (χ4v) is 3.03. The predicted octanol–water partition coefficient (Wildman–Crippen LogP) is 3.52. The number of thiazole rings is 1. The number of nitrogens with zero attached hydrogens (tertiary/aromatic N) is 1. The standard InChI is InChI=1S/C18H16N2O5S/c1-11-16(20-17(26-11)14-4-3-9-24-14)18(22)25-10-15(21)19-12-5-7-13(23-2)8-6-12/h3-9H,10H2,1-2H3,(H,19,21). The average Bonchev–Trinajstić information content (AvgIpc) is 3.30. The van der Waals surface area contributed by atoms with Crippen molar-refractivity contribution >= 4 is 28.9 Å². The molecule has 0 atom stereocenters. The van der Waals surface area contributed by atoms with Crippen LogP contribution in [-0.2, 0) is 9.53 Å². The molecule has 1 aromatic carbocycles. The van der Waals surface area contributed by atoms with Gasteiger partial charge in [0.05, 0.1) is 13.4 Å². The number of rotatable bonds is 6. The highest BCUT2D eigenvalue weighted by Gasteiger charge is 2.19. The molecule has 0 bridgehead atoms. The summed E-state index contributed by atoms with van der Waals surface area (Å²) in [5.74, 6) is 0.166.